The van der Waals surface area contributed by atoms with Gasteiger partial charge in [-0.15, -0.1) is 0 Å². The first-order chi connectivity index (χ1) is 11.7. The van der Waals surface area contributed by atoms with E-state index in [1.54, 1.807) is 19.2 Å². The summed E-state index contributed by atoms with van der Waals surface area (Å²) in [5.74, 6) is 0.652. The van der Waals surface area contributed by atoms with E-state index in [9.17, 15) is 9.59 Å². The van der Waals surface area contributed by atoms with Crippen LogP contribution in [-0.2, 0) is 17.6 Å². The van der Waals surface area contributed by atoms with E-state index in [1.807, 2.05) is 12.1 Å². The van der Waals surface area contributed by atoms with Gasteiger partial charge in [0.1, 0.15) is 10.8 Å². The first kappa shape index (κ1) is 16.6. The van der Waals surface area contributed by atoms with Crippen molar-refractivity contribution in [3.8, 4) is 5.75 Å². The van der Waals surface area contributed by atoms with Crippen molar-refractivity contribution in [1.82, 2.24) is 9.97 Å². The number of para-hydroxylation sites is 2. The van der Waals surface area contributed by atoms with Gasteiger partial charge in [-0.1, -0.05) is 23.9 Å². The number of hydrogen-bond donors (Lipinski definition) is 2. The highest BCUT2D eigenvalue weighted by atomic mass is 32.2. The van der Waals surface area contributed by atoms with E-state index >= 15 is 0 Å². The monoisotopic (exact) mass is 345 g/mol. The molecule has 6 nitrogen and oxygen atoms in total. The second-order valence-electron chi connectivity index (χ2n) is 5.55. The van der Waals surface area contributed by atoms with E-state index in [0.29, 0.717) is 16.5 Å². The Balaban J connectivity index is 1.69. The number of carbonyl (C=O) groups is 1. The molecule has 0 fully saturated rings. The van der Waals surface area contributed by atoms with Crippen molar-refractivity contribution >= 4 is 23.4 Å². The maximum atomic E-state index is 12.2. The van der Waals surface area contributed by atoms with Gasteiger partial charge in [0, 0.05) is 11.3 Å². The predicted octanol–water partition coefficient (Wildman–Crippen LogP) is 2.39. The molecule has 0 unspecified atom stereocenters. The van der Waals surface area contributed by atoms with Crippen LogP contribution in [0.2, 0.25) is 0 Å². The van der Waals surface area contributed by atoms with Crippen molar-refractivity contribution in [2.75, 3.05) is 18.2 Å². The summed E-state index contributed by atoms with van der Waals surface area (Å²) in [6.45, 7) is 0. The van der Waals surface area contributed by atoms with Crippen molar-refractivity contribution in [1.29, 1.82) is 0 Å². The van der Waals surface area contributed by atoms with Gasteiger partial charge >= 0.3 is 5.69 Å². The molecule has 0 saturated carbocycles. The van der Waals surface area contributed by atoms with Gasteiger partial charge < -0.3 is 15.0 Å². The van der Waals surface area contributed by atoms with Crippen molar-refractivity contribution < 1.29 is 9.53 Å². The molecule has 0 atom stereocenters. The number of amides is 1. The van der Waals surface area contributed by atoms with Crippen LogP contribution < -0.4 is 15.7 Å². The third-order valence-corrected chi connectivity index (χ3v) is 4.93. The van der Waals surface area contributed by atoms with Crippen molar-refractivity contribution in [2.45, 2.75) is 30.7 Å². The lowest BCUT2D eigenvalue weighted by Crippen LogP contribution is -2.21. The number of thioether (sulfide) groups is 1. The lowest BCUT2D eigenvalue weighted by molar-refractivity contribution is -0.113. The molecule has 0 bridgehead atoms. The summed E-state index contributed by atoms with van der Waals surface area (Å²) >= 11 is 1.31. The molecule has 0 aliphatic heterocycles. The van der Waals surface area contributed by atoms with Crippen LogP contribution in [0.5, 0.6) is 5.75 Å². The Morgan fingerprint density at radius 1 is 1.33 bits per heavy atom. The van der Waals surface area contributed by atoms with Gasteiger partial charge in [0.25, 0.3) is 0 Å². The number of nitrogens with zero attached hydrogens (tertiary/aromatic N) is 1. The van der Waals surface area contributed by atoms with Crippen LogP contribution in [0.3, 0.4) is 0 Å². The molecule has 1 aliphatic rings. The van der Waals surface area contributed by atoms with Crippen LogP contribution in [0.15, 0.2) is 34.1 Å². The molecule has 2 aromatic rings. The third-order valence-electron chi connectivity index (χ3n) is 3.91. The molecule has 1 aromatic carbocycles. The lowest BCUT2D eigenvalue weighted by Gasteiger charge is -2.17. The average molecular weight is 345 g/mol. The molecule has 0 radical (unpaired) electrons. The SMILES string of the molecule is COc1ccccc1NC(=O)CSc1nc(=O)[nH]c2c1CCCC2. The van der Waals surface area contributed by atoms with E-state index in [2.05, 4.69) is 15.3 Å². The zero-order valence-electron chi connectivity index (χ0n) is 13.4. The quantitative estimate of drug-likeness (QED) is 0.642. The normalized spacial score (nSPS) is 13.2. The summed E-state index contributed by atoms with van der Waals surface area (Å²) in [5, 5.41) is 3.50. The Kier molecular flexibility index (Phi) is 5.20. The lowest BCUT2D eigenvalue weighted by atomic mass is 9.98. The molecule has 1 aromatic heterocycles. The minimum atomic E-state index is -0.344. The van der Waals surface area contributed by atoms with Gasteiger partial charge in [-0.2, -0.15) is 4.98 Å². The smallest absolute Gasteiger partial charge is 0.346 e. The van der Waals surface area contributed by atoms with E-state index in [4.69, 9.17) is 4.74 Å². The highest BCUT2D eigenvalue weighted by Crippen LogP contribution is 2.28. The summed E-state index contributed by atoms with van der Waals surface area (Å²) in [7, 11) is 1.56. The molecule has 7 heteroatoms. The molecule has 24 heavy (non-hydrogen) atoms. The largest absolute Gasteiger partial charge is 0.495 e. The van der Waals surface area contributed by atoms with Gasteiger partial charge in [0.05, 0.1) is 18.6 Å². The number of carbonyl (C=O) groups excluding carboxylic acids is 1. The summed E-state index contributed by atoms with van der Waals surface area (Å²) in [4.78, 5) is 30.8. The Morgan fingerprint density at radius 2 is 2.12 bits per heavy atom. The number of aryl methyl sites for hydroxylation is 1. The number of H-pyrrole nitrogens is 1. The molecule has 1 aliphatic carbocycles. The van der Waals surface area contributed by atoms with Gasteiger partial charge in [-0.3, -0.25) is 4.79 Å². The Labute approximate surface area is 144 Å². The average Bonchev–Trinajstić information content (AvgIpc) is 2.60. The number of ether oxygens (including phenoxy) is 1. The second kappa shape index (κ2) is 7.53. The number of aromatic amines is 1. The van der Waals surface area contributed by atoms with Gasteiger partial charge in [0.2, 0.25) is 5.91 Å². The number of aromatic nitrogens is 2. The number of rotatable bonds is 5. The zero-order valence-corrected chi connectivity index (χ0v) is 14.2. The van der Waals surface area contributed by atoms with Gasteiger partial charge in [0.15, 0.2) is 0 Å². The molecule has 126 valence electrons. The molecule has 0 saturated heterocycles. The molecule has 2 N–H and O–H groups in total. The number of methoxy groups -OCH3 is 1. The molecular weight excluding hydrogens is 326 g/mol. The van der Waals surface area contributed by atoms with Crippen LogP contribution >= 0.6 is 11.8 Å². The topological polar surface area (TPSA) is 84.1 Å². The van der Waals surface area contributed by atoms with Crippen molar-refractivity contribution in [2.24, 2.45) is 0 Å². The maximum absolute atomic E-state index is 12.2. The Bertz CT molecular complexity index is 804. The van der Waals surface area contributed by atoms with E-state index in [0.717, 1.165) is 36.9 Å². The molecule has 1 heterocycles. The summed E-state index contributed by atoms with van der Waals surface area (Å²) in [5.41, 5.74) is 2.33. The first-order valence-corrected chi connectivity index (χ1v) is 8.83. The molecule has 3 rings (SSSR count). The molecule has 0 spiro atoms. The fraction of sp³-hybridized carbons (Fsp3) is 0.353. The third kappa shape index (κ3) is 3.79. The van der Waals surface area contributed by atoms with Crippen molar-refractivity contribution in [3.63, 3.8) is 0 Å². The Morgan fingerprint density at radius 3 is 2.96 bits per heavy atom. The fourth-order valence-corrected chi connectivity index (χ4v) is 3.67. The summed E-state index contributed by atoms with van der Waals surface area (Å²) in [6.07, 6.45) is 3.93. The number of fused-ring (bicyclic) bond motifs is 1. The predicted molar refractivity (Wildman–Crippen MR) is 93.8 cm³/mol. The fourth-order valence-electron chi connectivity index (χ4n) is 2.78. The summed E-state index contributed by atoms with van der Waals surface area (Å²) < 4.78 is 5.22. The number of nitrogens with one attached hydrogen (secondary N) is 2. The van der Waals surface area contributed by atoms with Gasteiger partial charge in [-0.25, -0.2) is 4.79 Å². The van der Waals surface area contributed by atoms with E-state index < -0.39 is 0 Å². The highest BCUT2D eigenvalue weighted by molar-refractivity contribution is 8.00. The Hall–Kier alpha value is -2.28. The van der Waals surface area contributed by atoms with E-state index in [1.165, 1.54) is 11.8 Å². The van der Waals surface area contributed by atoms with Crippen LogP contribution in [-0.4, -0.2) is 28.7 Å². The van der Waals surface area contributed by atoms with E-state index in [-0.39, 0.29) is 17.3 Å². The number of anilines is 1. The van der Waals surface area contributed by atoms with Crippen LogP contribution in [0.4, 0.5) is 5.69 Å². The minimum Gasteiger partial charge on any atom is -0.495 e. The highest BCUT2D eigenvalue weighted by Gasteiger charge is 2.17. The minimum absolute atomic E-state index is 0.156. The van der Waals surface area contributed by atoms with Crippen LogP contribution in [0.25, 0.3) is 0 Å². The maximum Gasteiger partial charge on any atom is 0.346 e. The first-order valence-electron chi connectivity index (χ1n) is 7.85. The van der Waals surface area contributed by atoms with Crippen LogP contribution in [0.1, 0.15) is 24.1 Å². The zero-order chi connectivity index (χ0) is 16.9. The summed E-state index contributed by atoms with van der Waals surface area (Å²) in [6, 6.07) is 7.25. The number of benzene rings is 1. The number of hydrogen-bond acceptors (Lipinski definition) is 5. The van der Waals surface area contributed by atoms with Gasteiger partial charge in [-0.05, 0) is 37.8 Å². The standard InChI is InChI=1S/C17H19N3O3S/c1-23-14-9-5-4-8-13(14)18-15(21)10-24-16-11-6-2-3-7-12(11)19-17(22)20-16/h4-5,8-9H,2-3,6-7,10H2,1H3,(H,18,21)(H,19,20,22). The molecule has 1 amide bonds. The van der Waals surface area contributed by atoms with Crippen LogP contribution in [0, 0.1) is 0 Å². The van der Waals surface area contributed by atoms with Crippen molar-refractivity contribution in [3.05, 3.63) is 46.0 Å². The molecular formula is C17H19N3O3S. The second-order valence-corrected chi connectivity index (χ2v) is 6.51.